The summed E-state index contributed by atoms with van der Waals surface area (Å²) in [6.45, 7) is 4.18. The number of likely N-dealkylation sites (N-methyl/N-ethyl adjacent to an activating group) is 1. The van der Waals surface area contributed by atoms with E-state index in [1.165, 1.54) is 12.8 Å². The molecule has 7 nitrogen and oxygen atoms in total. The van der Waals surface area contributed by atoms with Gasteiger partial charge >= 0.3 is 0 Å². The van der Waals surface area contributed by atoms with Gasteiger partial charge in [0.25, 0.3) is 0 Å². The molecule has 1 fully saturated rings. The minimum atomic E-state index is -0.433. The number of nitrogens with zero attached hydrogens (tertiary/aromatic N) is 4. The van der Waals surface area contributed by atoms with E-state index in [9.17, 15) is 4.39 Å². The van der Waals surface area contributed by atoms with E-state index in [-0.39, 0.29) is 5.75 Å². The molecule has 1 aliphatic rings. The predicted molar refractivity (Wildman–Crippen MR) is 133 cm³/mol. The summed E-state index contributed by atoms with van der Waals surface area (Å²) < 4.78 is 19.8. The molecule has 3 heterocycles. The molecule has 0 radical (unpaired) electrons. The number of anilines is 1. The van der Waals surface area contributed by atoms with Gasteiger partial charge in [-0.1, -0.05) is 6.07 Å². The van der Waals surface area contributed by atoms with E-state index < -0.39 is 5.82 Å². The number of nitrogens with one attached hydrogen (secondary N) is 2. The highest BCUT2D eigenvalue weighted by atomic mass is 19.1. The quantitative estimate of drug-likeness (QED) is 0.411. The maximum atomic E-state index is 14.7. The fourth-order valence-electron chi connectivity index (χ4n) is 4.53. The van der Waals surface area contributed by atoms with Crippen molar-refractivity contribution in [3.8, 4) is 28.5 Å². The first kappa shape index (κ1) is 20.7. The Morgan fingerprint density at radius 1 is 0.853 bits per heavy atom. The third kappa shape index (κ3) is 3.56. The average Bonchev–Trinajstić information content (AvgIpc) is 3.48. The Bertz CT molecular complexity index is 1500. The summed E-state index contributed by atoms with van der Waals surface area (Å²) in [5, 5.41) is 0. The van der Waals surface area contributed by atoms with Crippen LogP contribution in [0.15, 0.2) is 54.6 Å². The Morgan fingerprint density at radius 3 is 2.35 bits per heavy atom. The molecule has 0 spiro atoms. The molecule has 34 heavy (non-hydrogen) atoms. The second kappa shape index (κ2) is 8.14. The van der Waals surface area contributed by atoms with Crippen molar-refractivity contribution in [2.24, 2.45) is 0 Å². The lowest BCUT2D eigenvalue weighted by molar-refractivity contribution is 0.313. The number of imidazole rings is 2. The van der Waals surface area contributed by atoms with Gasteiger partial charge in [-0.25, -0.2) is 14.4 Å². The first-order valence-corrected chi connectivity index (χ1v) is 11.4. The number of aromatic nitrogens is 4. The Kier molecular flexibility index (Phi) is 4.95. The smallest absolute Gasteiger partial charge is 0.175 e. The molecule has 6 rings (SSSR count). The van der Waals surface area contributed by atoms with Crippen LogP contribution in [0.25, 0.3) is 44.8 Å². The summed E-state index contributed by atoms with van der Waals surface area (Å²) in [6, 6.07) is 17.3. The van der Waals surface area contributed by atoms with Crippen LogP contribution in [0.4, 0.5) is 10.1 Å². The zero-order chi connectivity index (χ0) is 23.2. The van der Waals surface area contributed by atoms with E-state index in [1.54, 1.807) is 18.2 Å². The van der Waals surface area contributed by atoms with Crippen LogP contribution in [-0.4, -0.2) is 65.2 Å². The molecule has 0 atom stereocenters. The highest BCUT2D eigenvalue weighted by Gasteiger charge is 2.17. The van der Waals surface area contributed by atoms with Crippen LogP contribution >= 0.6 is 0 Å². The average molecular weight is 457 g/mol. The molecule has 172 valence electrons. The van der Waals surface area contributed by atoms with Crippen molar-refractivity contribution in [1.82, 2.24) is 24.8 Å². The van der Waals surface area contributed by atoms with Crippen molar-refractivity contribution in [1.29, 1.82) is 0 Å². The number of hydrogen-bond donors (Lipinski definition) is 2. The maximum absolute atomic E-state index is 14.7. The summed E-state index contributed by atoms with van der Waals surface area (Å²) in [5.41, 5.74) is 6.03. The normalized spacial score (nSPS) is 14.9. The van der Waals surface area contributed by atoms with E-state index >= 15 is 0 Å². The van der Waals surface area contributed by atoms with Gasteiger partial charge in [-0.3, -0.25) is 0 Å². The van der Waals surface area contributed by atoms with E-state index in [0.717, 1.165) is 59.6 Å². The molecule has 3 aromatic carbocycles. The Balaban J connectivity index is 1.33. The first-order valence-electron chi connectivity index (χ1n) is 11.4. The molecule has 5 aromatic rings. The molecule has 1 aliphatic heterocycles. The van der Waals surface area contributed by atoms with E-state index in [1.807, 2.05) is 18.2 Å². The largest absolute Gasteiger partial charge is 0.494 e. The number of fused-ring (bicyclic) bond motifs is 2. The van der Waals surface area contributed by atoms with Crippen molar-refractivity contribution in [2.45, 2.75) is 0 Å². The number of methoxy groups -OCH3 is 1. The number of piperazine rings is 1. The van der Waals surface area contributed by atoms with Crippen molar-refractivity contribution < 1.29 is 9.13 Å². The molecule has 8 heteroatoms. The summed E-state index contributed by atoms with van der Waals surface area (Å²) in [4.78, 5) is 20.8. The minimum Gasteiger partial charge on any atom is -0.494 e. The highest BCUT2D eigenvalue weighted by Crippen LogP contribution is 2.31. The van der Waals surface area contributed by atoms with Crippen molar-refractivity contribution in [3.63, 3.8) is 0 Å². The lowest BCUT2D eigenvalue weighted by atomic mass is 10.2. The van der Waals surface area contributed by atoms with Gasteiger partial charge in [0.15, 0.2) is 11.6 Å². The van der Waals surface area contributed by atoms with E-state index in [2.05, 4.69) is 50.0 Å². The second-order valence-corrected chi connectivity index (χ2v) is 8.72. The fraction of sp³-hybridized carbons (Fsp3) is 0.231. The predicted octanol–water partition coefficient (Wildman–Crippen LogP) is 4.67. The van der Waals surface area contributed by atoms with Crippen LogP contribution in [0.2, 0.25) is 0 Å². The molecule has 2 N–H and O–H groups in total. The van der Waals surface area contributed by atoms with Gasteiger partial charge in [0.2, 0.25) is 0 Å². The third-order valence-electron chi connectivity index (χ3n) is 6.53. The summed E-state index contributed by atoms with van der Waals surface area (Å²) in [7, 11) is 3.61. The lowest BCUT2D eigenvalue weighted by Gasteiger charge is -2.34. The van der Waals surface area contributed by atoms with Crippen LogP contribution in [0.3, 0.4) is 0 Å². The van der Waals surface area contributed by atoms with E-state index in [0.29, 0.717) is 11.4 Å². The van der Waals surface area contributed by atoms with Gasteiger partial charge in [-0.05, 0) is 55.6 Å². The Hall–Kier alpha value is -3.91. The minimum absolute atomic E-state index is 0.192. The SMILES string of the molecule is COc1cccc(-c2nc3ccc(-c4nc5ccc(N6CCN(C)CC6)cc5[nH]4)cc3[nH]2)c1F. The van der Waals surface area contributed by atoms with Crippen molar-refractivity contribution in [2.75, 3.05) is 45.2 Å². The molecule has 1 saturated heterocycles. The number of H-pyrrole nitrogens is 2. The molecule has 0 unspecified atom stereocenters. The molecule has 2 aromatic heterocycles. The number of rotatable bonds is 4. The number of hydrogen-bond acceptors (Lipinski definition) is 5. The zero-order valence-corrected chi connectivity index (χ0v) is 19.1. The molecule has 0 saturated carbocycles. The molecular formula is C26H25FN6O. The number of aromatic amines is 2. The fourth-order valence-corrected chi connectivity index (χ4v) is 4.53. The van der Waals surface area contributed by atoms with Crippen LogP contribution in [-0.2, 0) is 0 Å². The van der Waals surface area contributed by atoms with Crippen LogP contribution < -0.4 is 9.64 Å². The number of halogens is 1. The van der Waals surface area contributed by atoms with Gasteiger partial charge in [-0.15, -0.1) is 0 Å². The van der Waals surface area contributed by atoms with Crippen molar-refractivity contribution in [3.05, 3.63) is 60.4 Å². The van der Waals surface area contributed by atoms with Gasteiger partial charge < -0.3 is 24.5 Å². The topological polar surface area (TPSA) is 73.1 Å². The highest BCUT2D eigenvalue weighted by molar-refractivity contribution is 5.87. The van der Waals surface area contributed by atoms with Gasteiger partial charge in [0.05, 0.1) is 34.7 Å². The third-order valence-corrected chi connectivity index (χ3v) is 6.53. The number of benzene rings is 3. The number of ether oxygens (including phenoxy) is 1. The van der Waals surface area contributed by atoms with Crippen molar-refractivity contribution >= 4 is 27.8 Å². The van der Waals surface area contributed by atoms with Gasteiger partial charge in [0.1, 0.15) is 11.6 Å². The summed E-state index contributed by atoms with van der Waals surface area (Å²) in [6.07, 6.45) is 0. The summed E-state index contributed by atoms with van der Waals surface area (Å²) >= 11 is 0. The van der Waals surface area contributed by atoms with Gasteiger partial charge in [0, 0.05) is 37.4 Å². The second-order valence-electron chi connectivity index (χ2n) is 8.72. The van der Waals surface area contributed by atoms with E-state index in [4.69, 9.17) is 9.72 Å². The standard InChI is InChI=1S/C26H25FN6O/c1-32-10-12-33(13-11-32)17-7-9-20-22(15-17)30-25(28-20)16-6-8-19-21(14-16)31-26(29-19)18-4-3-5-23(34-2)24(18)27/h3-9,14-15H,10-13H2,1-2H3,(H,28,30)(H,29,31). The zero-order valence-electron chi connectivity index (χ0n) is 19.1. The first-order chi connectivity index (χ1) is 16.6. The van der Waals surface area contributed by atoms with Gasteiger partial charge in [-0.2, -0.15) is 0 Å². The molecule has 0 amide bonds. The lowest BCUT2D eigenvalue weighted by Crippen LogP contribution is -2.44. The Labute approximate surface area is 196 Å². The molecule has 0 aliphatic carbocycles. The van der Waals surface area contributed by atoms with Crippen LogP contribution in [0.5, 0.6) is 5.75 Å². The molecule has 0 bridgehead atoms. The van der Waals surface area contributed by atoms with Crippen LogP contribution in [0, 0.1) is 5.82 Å². The monoisotopic (exact) mass is 456 g/mol. The molecular weight excluding hydrogens is 431 g/mol. The maximum Gasteiger partial charge on any atom is 0.175 e. The summed E-state index contributed by atoms with van der Waals surface area (Å²) in [5.74, 6) is 1.01. The van der Waals surface area contributed by atoms with Crippen LogP contribution in [0.1, 0.15) is 0 Å². The Morgan fingerprint density at radius 2 is 1.56 bits per heavy atom.